The lowest BCUT2D eigenvalue weighted by Crippen LogP contribution is -2.31. The van der Waals surface area contributed by atoms with Crippen LogP contribution in [0.5, 0.6) is 0 Å². The van der Waals surface area contributed by atoms with E-state index in [-0.39, 0.29) is 11.9 Å². The third kappa shape index (κ3) is 3.62. The lowest BCUT2D eigenvalue weighted by atomic mass is 10.1. The summed E-state index contributed by atoms with van der Waals surface area (Å²) in [5, 5.41) is 12.2. The van der Waals surface area contributed by atoms with Gasteiger partial charge in [-0.25, -0.2) is 4.98 Å². The molecule has 0 saturated carbocycles. The Hall–Kier alpha value is -2.12. The highest BCUT2D eigenvalue weighted by molar-refractivity contribution is 7.98. The molecule has 1 N–H and O–H groups in total. The minimum absolute atomic E-state index is 0.0189. The number of thiophene rings is 1. The number of aromatic nitrogens is 3. The Kier molecular flexibility index (Phi) is 5.09. The van der Waals surface area contributed by atoms with Crippen molar-refractivity contribution in [2.45, 2.75) is 11.1 Å². The molecule has 0 spiro atoms. The van der Waals surface area contributed by atoms with Gasteiger partial charge in [-0.3, -0.25) is 9.48 Å². The van der Waals surface area contributed by atoms with E-state index in [1.165, 1.54) is 11.8 Å². The van der Waals surface area contributed by atoms with E-state index >= 15 is 0 Å². The van der Waals surface area contributed by atoms with E-state index in [9.17, 15) is 4.79 Å². The van der Waals surface area contributed by atoms with E-state index < -0.39 is 0 Å². The van der Waals surface area contributed by atoms with Crippen LogP contribution in [0.15, 0.2) is 58.6 Å². The fourth-order valence-electron chi connectivity index (χ4n) is 2.30. The van der Waals surface area contributed by atoms with Crippen molar-refractivity contribution < 1.29 is 4.79 Å². The highest BCUT2D eigenvalue weighted by Crippen LogP contribution is 2.20. The zero-order valence-corrected chi connectivity index (χ0v) is 14.2. The Bertz CT molecular complexity index is 722. The van der Waals surface area contributed by atoms with E-state index in [0.29, 0.717) is 12.1 Å². The van der Waals surface area contributed by atoms with Crippen LogP contribution in [0.25, 0.3) is 0 Å². The molecule has 0 fully saturated rings. The number of carbonyl (C=O) groups is 1. The molecule has 118 valence electrons. The van der Waals surface area contributed by atoms with Crippen molar-refractivity contribution in [3.05, 3.63) is 64.7 Å². The fourth-order valence-corrected chi connectivity index (χ4v) is 3.56. The van der Waals surface area contributed by atoms with Gasteiger partial charge in [0, 0.05) is 25.1 Å². The molecule has 0 radical (unpaired) electrons. The van der Waals surface area contributed by atoms with E-state index in [1.54, 1.807) is 35.9 Å². The average molecular weight is 344 g/mol. The molecule has 1 amide bonds. The summed E-state index contributed by atoms with van der Waals surface area (Å²) in [7, 11) is 0. The molecular weight excluding hydrogens is 328 g/mol. The molecule has 0 aliphatic heterocycles. The van der Waals surface area contributed by atoms with Crippen molar-refractivity contribution in [2.75, 3.05) is 12.8 Å². The summed E-state index contributed by atoms with van der Waals surface area (Å²) in [4.78, 5) is 16.7. The monoisotopic (exact) mass is 344 g/mol. The molecule has 0 bridgehead atoms. The van der Waals surface area contributed by atoms with Crippen molar-refractivity contribution in [3.8, 4) is 0 Å². The van der Waals surface area contributed by atoms with E-state index in [4.69, 9.17) is 0 Å². The number of pyridine rings is 1. The normalized spacial score (nSPS) is 12.0. The smallest absolute Gasteiger partial charge is 0.254 e. The second-order valence-electron chi connectivity index (χ2n) is 4.83. The van der Waals surface area contributed by atoms with Gasteiger partial charge in [-0.1, -0.05) is 0 Å². The summed E-state index contributed by atoms with van der Waals surface area (Å²) < 4.78 is 1.86. The first-order valence-electron chi connectivity index (χ1n) is 7.08. The minimum atomic E-state index is -0.116. The number of carbonyl (C=O) groups excluding carboxylic acids is 1. The second kappa shape index (κ2) is 7.43. The van der Waals surface area contributed by atoms with Crippen molar-refractivity contribution in [1.29, 1.82) is 0 Å². The summed E-state index contributed by atoms with van der Waals surface area (Å²) in [5.74, 6) is -0.116. The molecule has 0 aliphatic carbocycles. The standard InChI is InChI=1S/C16H16N4OS2/c1-22-16-13(4-2-6-17-16)15(21)18-10-14(12-5-9-23-11-12)20-8-3-7-19-20/h2-9,11,14H,10H2,1H3,(H,18,21). The van der Waals surface area contributed by atoms with Gasteiger partial charge in [0.15, 0.2) is 0 Å². The van der Waals surface area contributed by atoms with Gasteiger partial charge < -0.3 is 5.32 Å². The minimum Gasteiger partial charge on any atom is -0.349 e. The molecule has 5 nitrogen and oxygen atoms in total. The van der Waals surface area contributed by atoms with Gasteiger partial charge >= 0.3 is 0 Å². The molecule has 3 aromatic heterocycles. The maximum absolute atomic E-state index is 12.5. The summed E-state index contributed by atoms with van der Waals surface area (Å²) in [6, 6.07) is 7.49. The Balaban J connectivity index is 1.76. The van der Waals surface area contributed by atoms with E-state index in [1.807, 2.05) is 28.6 Å². The highest BCUT2D eigenvalue weighted by Gasteiger charge is 2.17. The number of nitrogens with one attached hydrogen (secondary N) is 1. The number of rotatable bonds is 6. The third-order valence-electron chi connectivity index (χ3n) is 3.44. The van der Waals surface area contributed by atoms with E-state index in [0.717, 1.165) is 10.6 Å². The van der Waals surface area contributed by atoms with Crippen LogP contribution in [0.4, 0.5) is 0 Å². The van der Waals surface area contributed by atoms with Crippen LogP contribution in [-0.4, -0.2) is 33.5 Å². The van der Waals surface area contributed by atoms with Gasteiger partial charge in [0.1, 0.15) is 5.03 Å². The molecular formula is C16H16N4OS2. The summed E-state index contributed by atoms with van der Waals surface area (Å²) in [6.45, 7) is 0.472. The Morgan fingerprint density at radius 3 is 3.00 bits per heavy atom. The van der Waals surface area contributed by atoms with Crippen molar-refractivity contribution in [2.24, 2.45) is 0 Å². The fraction of sp³-hybridized carbons (Fsp3) is 0.188. The largest absolute Gasteiger partial charge is 0.349 e. The lowest BCUT2D eigenvalue weighted by Gasteiger charge is -2.18. The number of thioether (sulfide) groups is 1. The van der Waals surface area contributed by atoms with Gasteiger partial charge in [-0.2, -0.15) is 16.4 Å². The molecule has 3 heterocycles. The molecule has 23 heavy (non-hydrogen) atoms. The van der Waals surface area contributed by atoms with Crippen LogP contribution >= 0.6 is 23.1 Å². The van der Waals surface area contributed by atoms with Gasteiger partial charge in [-0.15, -0.1) is 11.8 Å². The Morgan fingerprint density at radius 2 is 2.30 bits per heavy atom. The SMILES string of the molecule is CSc1ncccc1C(=O)NCC(c1ccsc1)n1cccn1. The quantitative estimate of drug-likeness (QED) is 0.698. The van der Waals surface area contributed by atoms with Gasteiger partial charge in [0.05, 0.1) is 11.6 Å². The molecule has 3 aromatic rings. The maximum Gasteiger partial charge on any atom is 0.254 e. The highest BCUT2D eigenvalue weighted by atomic mass is 32.2. The van der Waals surface area contributed by atoms with Crippen molar-refractivity contribution in [1.82, 2.24) is 20.1 Å². The van der Waals surface area contributed by atoms with Crippen molar-refractivity contribution >= 4 is 29.0 Å². The number of hydrogen-bond acceptors (Lipinski definition) is 5. The zero-order chi connectivity index (χ0) is 16.1. The van der Waals surface area contributed by atoms with E-state index in [2.05, 4.69) is 26.8 Å². The Labute approximate surface area is 142 Å². The first-order chi connectivity index (χ1) is 11.3. The van der Waals surface area contributed by atoms with Crippen LogP contribution in [-0.2, 0) is 0 Å². The molecule has 1 atom stereocenters. The Morgan fingerprint density at radius 1 is 1.39 bits per heavy atom. The van der Waals surface area contributed by atoms with Crippen LogP contribution in [0.2, 0.25) is 0 Å². The topological polar surface area (TPSA) is 59.8 Å². The van der Waals surface area contributed by atoms with Crippen LogP contribution < -0.4 is 5.32 Å². The van der Waals surface area contributed by atoms with Crippen LogP contribution in [0.1, 0.15) is 22.0 Å². The number of hydrogen-bond donors (Lipinski definition) is 1. The molecule has 0 saturated heterocycles. The lowest BCUT2D eigenvalue weighted by molar-refractivity contribution is 0.0945. The maximum atomic E-state index is 12.5. The predicted molar refractivity (Wildman–Crippen MR) is 93.0 cm³/mol. The average Bonchev–Trinajstić information content (AvgIpc) is 3.29. The summed E-state index contributed by atoms with van der Waals surface area (Å²) >= 11 is 3.10. The molecule has 1 unspecified atom stereocenters. The molecule has 7 heteroatoms. The van der Waals surface area contributed by atoms with Crippen molar-refractivity contribution in [3.63, 3.8) is 0 Å². The first kappa shape index (κ1) is 15.8. The van der Waals surface area contributed by atoms with Crippen LogP contribution in [0, 0.1) is 0 Å². The first-order valence-corrected chi connectivity index (χ1v) is 9.25. The van der Waals surface area contributed by atoms with Gasteiger partial charge in [0.2, 0.25) is 0 Å². The van der Waals surface area contributed by atoms with Gasteiger partial charge in [0.25, 0.3) is 5.91 Å². The number of amides is 1. The summed E-state index contributed by atoms with van der Waals surface area (Å²) in [6.07, 6.45) is 7.26. The predicted octanol–water partition coefficient (Wildman–Crippen LogP) is 3.08. The number of nitrogens with zero attached hydrogens (tertiary/aromatic N) is 3. The molecule has 0 aromatic carbocycles. The van der Waals surface area contributed by atoms with Crippen LogP contribution in [0.3, 0.4) is 0 Å². The third-order valence-corrected chi connectivity index (χ3v) is 4.85. The molecule has 3 rings (SSSR count). The zero-order valence-electron chi connectivity index (χ0n) is 12.5. The second-order valence-corrected chi connectivity index (χ2v) is 6.40. The summed E-state index contributed by atoms with van der Waals surface area (Å²) in [5.41, 5.74) is 1.74. The van der Waals surface area contributed by atoms with Gasteiger partial charge in [-0.05, 0) is 46.8 Å². The molecule has 0 aliphatic rings.